The molecule has 6 heteroatoms. The number of thiophene rings is 1. The molecule has 3 rings (SSSR count). The van der Waals surface area contributed by atoms with Crippen molar-refractivity contribution in [2.45, 2.75) is 13.0 Å². The first-order valence-corrected chi connectivity index (χ1v) is 8.92. The minimum absolute atomic E-state index is 0.0592. The summed E-state index contributed by atoms with van der Waals surface area (Å²) < 4.78 is 15.9. The van der Waals surface area contributed by atoms with E-state index in [2.05, 4.69) is 0 Å². The maximum Gasteiger partial charge on any atom is 0.227 e. The molecule has 0 spiro atoms. The Kier molecular flexibility index (Phi) is 5.73. The first kappa shape index (κ1) is 17.5. The molecule has 1 amide bonds. The van der Waals surface area contributed by atoms with E-state index in [-0.39, 0.29) is 5.91 Å². The number of benzene rings is 1. The molecule has 0 N–H and O–H groups in total. The third-order valence-electron chi connectivity index (χ3n) is 4.05. The lowest BCUT2D eigenvalue weighted by Crippen LogP contribution is -2.34. The third kappa shape index (κ3) is 4.21. The summed E-state index contributed by atoms with van der Waals surface area (Å²) in [6.07, 6.45) is 1.95. The van der Waals surface area contributed by atoms with Crippen LogP contribution in [0.2, 0.25) is 0 Å². The summed E-state index contributed by atoms with van der Waals surface area (Å²) in [5.41, 5.74) is 1.61. The Bertz CT molecular complexity index is 825. The van der Waals surface area contributed by atoms with Crippen molar-refractivity contribution in [3.63, 3.8) is 0 Å². The highest BCUT2D eigenvalue weighted by molar-refractivity contribution is 7.09. The second kappa shape index (κ2) is 8.18. The molecule has 25 heavy (non-hydrogen) atoms. The van der Waals surface area contributed by atoms with Gasteiger partial charge in [0.2, 0.25) is 5.91 Å². The van der Waals surface area contributed by atoms with Crippen LogP contribution in [0, 0.1) is 0 Å². The minimum Gasteiger partial charge on any atom is -0.497 e. The van der Waals surface area contributed by atoms with Gasteiger partial charge in [0.1, 0.15) is 11.3 Å². The Balaban J connectivity index is 1.75. The third-order valence-corrected chi connectivity index (χ3v) is 4.91. The molecule has 0 saturated carbocycles. The zero-order valence-corrected chi connectivity index (χ0v) is 15.2. The van der Waals surface area contributed by atoms with E-state index in [9.17, 15) is 4.79 Å². The summed E-state index contributed by atoms with van der Waals surface area (Å²) in [6.45, 7) is 1.68. The van der Waals surface area contributed by atoms with Crippen molar-refractivity contribution in [1.29, 1.82) is 0 Å². The van der Waals surface area contributed by atoms with Crippen LogP contribution in [0.4, 0.5) is 0 Å². The maximum atomic E-state index is 12.8. The van der Waals surface area contributed by atoms with Gasteiger partial charge in [-0.25, -0.2) is 0 Å². The average molecular weight is 359 g/mol. The van der Waals surface area contributed by atoms with Crippen molar-refractivity contribution < 1.29 is 18.7 Å². The van der Waals surface area contributed by atoms with Gasteiger partial charge >= 0.3 is 0 Å². The van der Waals surface area contributed by atoms with Crippen molar-refractivity contribution in [3.05, 3.63) is 52.4 Å². The van der Waals surface area contributed by atoms with E-state index in [4.69, 9.17) is 13.9 Å². The van der Waals surface area contributed by atoms with E-state index < -0.39 is 0 Å². The van der Waals surface area contributed by atoms with Gasteiger partial charge in [0.15, 0.2) is 0 Å². The molecule has 0 aliphatic rings. The van der Waals surface area contributed by atoms with Crippen LogP contribution < -0.4 is 4.74 Å². The van der Waals surface area contributed by atoms with Gasteiger partial charge in [-0.15, -0.1) is 11.3 Å². The molecule has 5 nitrogen and oxygen atoms in total. The Hall–Kier alpha value is -2.31. The number of hydrogen-bond acceptors (Lipinski definition) is 5. The largest absolute Gasteiger partial charge is 0.497 e. The number of amides is 1. The van der Waals surface area contributed by atoms with E-state index in [0.717, 1.165) is 27.2 Å². The molecule has 0 aliphatic carbocycles. The normalized spacial score (nSPS) is 11.0. The van der Waals surface area contributed by atoms with Gasteiger partial charge in [0.05, 0.1) is 32.9 Å². The van der Waals surface area contributed by atoms with Gasteiger partial charge in [-0.05, 0) is 23.6 Å². The lowest BCUT2D eigenvalue weighted by molar-refractivity contribution is -0.131. The fourth-order valence-corrected chi connectivity index (χ4v) is 3.41. The molecule has 0 fully saturated rings. The lowest BCUT2D eigenvalue weighted by atomic mass is 10.1. The SMILES string of the molecule is COCCN(Cc1cccs1)C(=O)Cc1coc2cc(OC)ccc12. The Morgan fingerprint density at radius 1 is 1.28 bits per heavy atom. The molecule has 2 heterocycles. The number of hydrogen-bond donors (Lipinski definition) is 0. The molecule has 0 radical (unpaired) electrons. The summed E-state index contributed by atoms with van der Waals surface area (Å²) in [5, 5.41) is 2.96. The monoisotopic (exact) mass is 359 g/mol. The van der Waals surface area contributed by atoms with Crippen molar-refractivity contribution >= 4 is 28.2 Å². The molecule has 0 saturated heterocycles. The van der Waals surface area contributed by atoms with Crippen LogP contribution in [0.1, 0.15) is 10.4 Å². The topological polar surface area (TPSA) is 51.9 Å². The Morgan fingerprint density at radius 2 is 2.16 bits per heavy atom. The number of fused-ring (bicyclic) bond motifs is 1. The summed E-state index contributed by atoms with van der Waals surface area (Å²) in [6, 6.07) is 9.67. The van der Waals surface area contributed by atoms with Gasteiger partial charge in [-0.2, -0.15) is 0 Å². The molecule has 3 aromatic rings. The summed E-state index contributed by atoms with van der Waals surface area (Å²) >= 11 is 1.65. The Morgan fingerprint density at radius 3 is 2.88 bits per heavy atom. The molecular formula is C19H21NO4S. The first-order valence-electron chi connectivity index (χ1n) is 8.04. The number of furan rings is 1. The van der Waals surface area contributed by atoms with Crippen LogP contribution in [-0.2, 0) is 22.5 Å². The highest BCUT2D eigenvalue weighted by atomic mass is 32.1. The van der Waals surface area contributed by atoms with Crippen LogP contribution in [0.15, 0.2) is 46.4 Å². The van der Waals surface area contributed by atoms with E-state index >= 15 is 0 Å². The van der Waals surface area contributed by atoms with Crippen LogP contribution in [-0.4, -0.2) is 38.2 Å². The molecule has 1 aromatic carbocycles. The van der Waals surface area contributed by atoms with Crippen LogP contribution in [0.5, 0.6) is 5.75 Å². The molecule has 0 atom stereocenters. The van der Waals surface area contributed by atoms with Gasteiger partial charge in [-0.3, -0.25) is 4.79 Å². The zero-order chi connectivity index (χ0) is 17.6. The molecular weight excluding hydrogens is 338 g/mol. The number of methoxy groups -OCH3 is 2. The Labute approximate surface area is 150 Å². The molecule has 0 bridgehead atoms. The van der Waals surface area contributed by atoms with Gasteiger partial charge in [0, 0.05) is 35.5 Å². The fourth-order valence-electron chi connectivity index (χ4n) is 2.69. The predicted octanol–water partition coefficient (Wildman–Crippen LogP) is 3.72. The highest BCUT2D eigenvalue weighted by Gasteiger charge is 2.18. The number of ether oxygens (including phenoxy) is 2. The standard InChI is InChI=1S/C19H21NO4S/c1-22-8-7-20(12-16-4-3-9-25-16)19(21)10-14-13-24-18-11-15(23-2)5-6-17(14)18/h3-6,9,11,13H,7-8,10,12H2,1-2H3. The molecule has 0 unspecified atom stereocenters. The number of carbonyl (C=O) groups is 1. The second-order valence-corrected chi connectivity index (χ2v) is 6.72. The van der Waals surface area contributed by atoms with Crippen LogP contribution in [0.25, 0.3) is 11.0 Å². The van der Waals surface area contributed by atoms with Crippen LogP contribution in [0.3, 0.4) is 0 Å². The quantitative estimate of drug-likeness (QED) is 0.615. The van der Waals surface area contributed by atoms with E-state index in [1.165, 1.54) is 0 Å². The van der Waals surface area contributed by atoms with Crippen molar-refractivity contribution in [3.8, 4) is 5.75 Å². The van der Waals surface area contributed by atoms with Crippen molar-refractivity contribution in [1.82, 2.24) is 4.90 Å². The zero-order valence-electron chi connectivity index (χ0n) is 14.4. The van der Waals surface area contributed by atoms with Gasteiger partial charge < -0.3 is 18.8 Å². The fraction of sp³-hybridized carbons (Fsp3) is 0.316. The summed E-state index contributed by atoms with van der Waals surface area (Å²) in [7, 11) is 3.26. The van der Waals surface area contributed by atoms with Crippen molar-refractivity contribution in [2.75, 3.05) is 27.4 Å². The van der Waals surface area contributed by atoms with E-state index in [0.29, 0.717) is 26.1 Å². The van der Waals surface area contributed by atoms with E-state index in [1.54, 1.807) is 31.8 Å². The second-order valence-electron chi connectivity index (χ2n) is 5.69. The van der Waals surface area contributed by atoms with Crippen molar-refractivity contribution in [2.24, 2.45) is 0 Å². The average Bonchev–Trinajstić information content (AvgIpc) is 3.28. The lowest BCUT2D eigenvalue weighted by Gasteiger charge is -2.21. The van der Waals surface area contributed by atoms with Gasteiger partial charge in [-0.1, -0.05) is 6.07 Å². The molecule has 2 aromatic heterocycles. The first-order chi connectivity index (χ1) is 12.2. The minimum atomic E-state index is 0.0592. The smallest absolute Gasteiger partial charge is 0.227 e. The maximum absolute atomic E-state index is 12.8. The van der Waals surface area contributed by atoms with Gasteiger partial charge in [0.25, 0.3) is 0 Å². The molecule has 132 valence electrons. The number of carbonyl (C=O) groups excluding carboxylic acids is 1. The van der Waals surface area contributed by atoms with E-state index in [1.807, 2.05) is 40.6 Å². The molecule has 0 aliphatic heterocycles. The highest BCUT2D eigenvalue weighted by Crippen LogP contribution is 2.26. The summed E-state index contributed by atoms with van der Waals surface area (Å²) in [4.78, 5) is 15.8. The number of rotatable bonds is 8. The summed E-state index contributed by atoms with van der Waals surface area (Å²) in [5.74, 6) is 0.795. The number of nitrogens with zero attached hydrogens (tertiary/aromatic N) is 1. The predicted molar refractivity (Wildman–Crippen MR) is 98.1 cm³/mol. The van der Waals surface area contributed by atoms with Crippen LogP contribution >= 0.6 is 11.3 Å².